The van der Waals surface area contributed by atoms with E-state index in [9.17, 15) is 19.8 Å². The molecule has 2 amide bonds. The molecule has 0 spiro atoms. The number of amides is 2. The lowest BCUT2D eigenvalue weighted by molar-refractivity contribution is -0.143. The lowest BCUT2D eigenvalue weighted by atomic mass is 9.82. The van der Waals surface area contributed by atoms with Gasteiger partial charge in [-0.15, -0.1) is 0 Å². The normalized spacial score (nSPS) is 33.1. The molecule has 2 atom stereocenters. The number of carbonyl (C=O) groups is 2. The van der Waals surface area contributed by atoms with Crippen molar-refractivity contribution >= 4 is 12.0 Å². The maximum absolute atomic E-state index is 12.1. The highest BCUT2D eigenvalue weighted by Crippen LogP contribution is 2.28. The number of urea groups is 1. The molecule has 2 aliphatic carbocycles. The van der Waals surface area contributed by atoms with Gasteiger partial charge < -0.3 is 20.4 Å². The maximum atomic E-state index is 12.1. The quantitative estimate of drug-likeness (QED) is 0.719. The van der Waals surface area contributed by atoms with Crippen LogP contribution in [0.1, 0.15) is 38.5 Å². The molecular formula is C14H24N2O4. The molecule has 0 heterocycles. The summed E-state index contributed by atoms with van der Waals surface area (Å²) >= 11 is 0. The second-order valence-electron chi connectivity index (χ2n) is 6.16. The Morgan fingerprint density at radius 1 is 1.25 bits per heavy atom. The molecule has 0 aromatic carbocycles. The number of nitrogens with zero attached hydrogens (tertiary/aromatic N) is 1. The van der Waals surface area contributed by atoms with E-state index >= 15 is 0 Å². The standard InChI is InChI=1S/C14H24N2O4/c1-16(8-9-6-10(17)7-9)14(20)15-12-5-3-2-4-11(12)13(18)19/h9-12,17H,2-8H2,1H3,(H,15,20)(H,18,19). The van der Waals surface area contributed by atoms with Crippen molar-refractivity contribution in [1.82, 2.24) is 10.2 Å². The molecule has 0 saturated heterocycles. The number of aliphatic hydroxyl groups is 1. The van der Waals surface area contributed by atoms with Crippen LogP contribution in [0.3, 0.4) is 0 Å². The van der Waals surface area contributed by atoms with Crippen LogP contribution < -0.4 is 5.32 Å². The maximum Gasteiger partial charge on any atom is 0.317 e. The van der Waals surface area contributed by atoms with E-state index in [4.69, 9.17) is 0 Å². The van der Waals surface area contributed by atoms with Crippen LogP contribution in [0, 0.1) is 11.8 Å². The van der Waals surface area contributed by atoms with Crippen LogP contribution in [0.4, 0.5) is 4.79 Å². The number of aliphatic carboxylic acids is 1. The van der Waals surface area contributed by atoms with Crippen molar-refractivity contribution in [1.29, 1.82) is 0 Å². The minimum Gasteiger partial charge on any atom is -0.481 e. The van der Waals surface area contributed by atoms with Crippen LogP contribution in [-0.2, 0) is 4.79 Å². The largest absolute Gasteiger partial charge is 0.481 e. The van der Waals surface area contributed by atoms with Gasteiger partial charge in [0.05, 0.1) is 12.0 Å². The van der Waals surface area contributed by atoms with Gasteiger partial charge in [0.25, 0.3) is 0 Å². The van der Waals surface area contributed by atoms with E-state index in [-0.39, 0.29) is 18.2 Å². The summed E-state index contributed by atoms with van der Waals surface area (Å²) in [7, 11) is 1.72. The lowest BCUT2D eigenvalue weighted by Gasteiger charge is -2.36. The first-order chi connectivity index (χ1) is 9.47. The molecule has 3 N–H and O–H groups in total. The Hall–Kier alpha value is -1.30. The third-order valence-corrected chi connectivity index (χ3v) is 4.48. The van der Waals surface area contributed by atoms with Crippen molar-refractivity contribution < 1.29 is 19.8 Å². The zero-order valence-electron chi connectivity index (χ0n) is 11.9. The highest BCUT2D eigenvalue weighted by molar-refractivity contribution is 5.76. The van der Waals surface area contributed by atoms with Gasteiger partial charge in [-0.25, -0.2) is 4.79 Å². The SMILES string of the molecule is CN(CC1CC(O)C1)C(=O)NC1CCCCC1C(=O)O. The molecule has 2 fully saturated rings. The Kier molecular flexibility index (Phi) is 4.86. The molecule has 6 heteroatoms. The molecule has 0 aromatic rings. The van der Waals surface area contributed by atoms with Crippen molar-refractivity contribution in [2.45, 2.75) is 50.7 Å². The zero-order chi connectivity index (χ0) is 14.7. The molecule has 2 aliphatic rings. The van der Waals surface area contributed by atoms with Gasteiger partial charge in [-0.1, -0.05) is 12.8 Å². The molecular weight excluding hydrogens is 260 g/mol. The van der Waals surface area contributed by atoms with E-state index in [1.54, 1.807) is 11.9 Å². The Bertz CT molecular complexity index is 368. The number of hydrogen-bond acceptors (Lipinski definition) is 3. The van der Waals surface area contributed by atoms with Crippen LogP contribution >= 0.6 is 0 Å². The molecule has 2 rings (SSSR count). The summed E-state index contributed by atoms with van der Waals surface area (Å²) in [5.74, 6) is -0.922. The summed E-state index contributed by atoms with van der Waals surface area (Å²) in [5.41, 5.74) is 0. The Morgan fingerprint density at radius 2 is 1.90 bits per heavy atom. The average molecular weight is 284 g/mol. The van der Waals surface area contributed by atoms with Crippen LogP contribution in [0.15, 0.2) is 0 Å². The number of carbonyl (C=O) groups excluding carboxylic acids is 1. The number of hydrogen-bond donors (Lipinski definition) is 3. The highest BCUT2D eigenvalue weighted by atomic mass is 16.4. The predicted octanol–water partition coefficient (Wildman–Crippen LogP) is 1.04. The third kappa shape index (κ3) is 3.62. The molecule has 0 aromatic heterocycles. The topological polar surface area (TPSA) is 89.9 Å². The summed E-state index contributed by atoms with van der Waals surface area (Å²) in [6.45, 7) is 0.618. The summed E-state index contributed by atoms with van der Waals surface area (Å²) in [6.07, 6.45) is 4.54. The number of rotatable bonds is 4. The summed E-state index contributed by atoms with van der Waals surface area (Å²) in [5, 5.41) is 21.3. The molecule has 6 nitrogen and oxygen atoms in total. The number of aliphatic hydroxyl groups excluding tert-OH is 1. The van der Waals surface area contributed by atoms with Gasteiger partial charge in [0, 0.05) is 19.6 Å². The molecule has 114 valence electrons. The molecule has 0 bridgehead atoms. The highest BCUT2D eigenvalue weighted by Gasteiger charge is 2.33. The first-order valence-corrected chi connectivity index (χ1v) is 7.40. The van der Waals surface area contributed by atoms with Gasteiger partial charge in [0.2, 0.25) is 0 Å². The van der Waals surface area contributed by atoms with E-state index in [0.717, 1.165) is 32.1 Å². The first-order valence-electron chi connectivity index (χ1n) is 7.40. The monoisotopic (exact) mass is 284 g/mol. The van der Waals surface area contributed by atoms with Gasteiger partial charge in [-0.2, -0.15) is 0 Å². The van der Waals surface area contributed by atoms with Gasteiger partial charge in [-0.05, 0) is 31.6 Å². The summed E-state index contributed by atoms with van der Waals surface area (Å²) in [4.78, 5) is 24.9. The molecule has 0 aliphatic heterocycles. The van der Waals surface area contributed by atoms with Gasteiger partial charge in [0.15, 0.2) is 0 Å². The third-order valence-electron chi connectivity index (χ3n) is 4.48. The van der Waals surface area contributed by atoms with E-state index in [1.165, 1.54) is 0 Å². The molecule has 20 heavy (non-hydrogen) atoms. The molecule has 0 radical (unpaired) electrons. The summed E-state index contributed by atoms with van der Waals surface area (Å²) in [6, 6.07) is -0.465. The van der Waals surface area contributed by atoms with Crippen molar-refractivity contribution in [2.24, 2.45) is 11.8 Å². The van der Waals surface area contributed by atoms with E-state index in [0.29, 0.717) is 18.9 Å². The van der Waals surface area contributed by atoms with Crippen molar-refractivity contribution in [3.63, 3.8) is 0 Å². The second-order valence-corrected chi connectivity index (χ2v) is 6.16. The van der Waals surface area contributed by atoms with Gasteiger partial charge in [-0.3, -0.25) is 4.79 Å². The fraction of sp³-hybridized carbons (Fsp3) is 0.857. The lowest BCUT2D eigenvalue weighted by Crippen LogP contribution is -2.51. The Labute approximate surface area is 119 Å². The molecule has 2 saturated carbocycles. The van der Waals surface area contributed by atoms with Crippen molar-refractivity contribution in [3.8, 4) is 0 Å². The van der Waals surface area contributed by atoms with Crippen LogP contribution in [0.25, 0.3) is 0 Å². The van der Waals surface area contributed by atoms with Crippen molar-refractivity contribution in [3.05, 3.63) is 0 Å². The van der Waals surface area contributed by atoms with E-state index in [2.05, 4.69) is 5.32 Å². The number of nitrogens with one attached hydrogen (secondary N) is 1. The Morgan fingerprint density at radius 3 is 2.50 bits per heavy atom. The average Bonchev–Trinajstić information content (AvgIpc) is 2.37. The van der Waals surface area contributed by atoms with Crippen LogP contribution in [0.5, 0.6) is 0 Å². The minimum absolute atomic E-state index is 0.204. The minimum atomic E-state index is -0.820. The van der Waals surface area contributed by atoms with E-state index in [1.807, 2.05) is 0 Å². The van der Waals surface area contributed by atoms with Crippen molar-refractivity contribution in [2.75, 3.05) is 13.6 Å². The fourth-order valence-electron chi connectivity index (χ4n) is 3.19. The predicted molar refractivity (Wildman–Crippen MR) is 73.3 cm³/mol. The van der Waals surface area contributed by atoms with Crippen LogP contribution in [0.2, 0.25) is 0 Å². The number of carboxylic acid groups (broad SMARTS) is 1. The van der Waals surface area contributed by atoms with E-state index < -0.39 is 11.9 Å². The smallest absolute Gasteiger partial charge is 0.317 e. The molecule has 2 unspecified atom stereocenters. The Balaban J connectivity index is 1.81. The second kappa shape index (κ2) is 6.43. The van der Waals surface area contributed by atoms with Gasteiger partial charge >= 0.3 is 12.0 Å². The number of carboxylic acids is 1. The fourth-order valence-corrected chi connectivity index (χ4v) is 3.19. The zero-order valence-corrected chi connectivity index (χ0v) is 11.9. The first kappa shape index (κ1) is 15.1. The summed E-state index contributed by atoms with van der Waals surface area (Å²) < 4.78 is 0. The van der Waals surface area contributed by atoms with Crippen LogP contribution in [-0.4, -0.2) is 52.9 Å². The van der Waals surface area contributed by atoms with Gasteiger partial charge in [0.1, 0.15) is 0 Å².